The second-order valence-corrected chi connectivity index (χ2v) is 6.72. The molecule has 1 saturated heterocycles. The van der Waals surface area contributed by atoms with E-state index < -0.39 is 10.0 Å². The van der Waals surface area contributed by atoms with Crippen LogP contribution in [0.3, 0.4) is 0 Å². The van der Waals surface area contributed by atoms with E-state index in [1.807, 2.05) is 6.92 Å². The number of hydrogen-bond donors (Lipinski definition) is 1. The zero-order chi connectivity index (χ0) is 13.1. The number of nitrogens with zero attached hydrogens (tertiary/aromatic N) is 2. The summed E-state index contributed by atoms with van der Waals surface area (Å²) in [6.45, 7) is 5.55. The van der Waals surface area contributed by atoms with Crippen LogP contribution in [0.25, 0.3) is 0 Å². The highest BCUT2D eigenvalue weighted by atomic mass is 32.2. The number of carbonyl (C=O) groups is 1. The number of carbonyl (C=O) groups excluding carboxylic acids is 1. The van der Waals surface area contributed by atoms with Crippen LogP contribution in [0.5, 0.6) is 0 Å². The summed E-state index contributed by atoms with van der Waals surface area (Å²) in [6.07, 6.45) is 0. The lowest BCUT2D eigenvalue weighted by Gasteiger charge is -2.32. The third kappa shape index (κ3) is 3.93. The molecule has 0 saturated carbocycles. The van der Waals surface area contributed by atoms with Gasteiger partial charge in [0, 0.05) is 32.7 Å². The molecule has 17 heavy (non-hydrogen) atoms. The molecular formula is C10H21N3O3S. The van der Waals surface area contributed by atoms with Gasteiger partial charge in [0.1, 0.15) is 0 Å². The predicted octanol–water partition coefficient (Wildman–Crippen LogP) is -0.912. The molecule has 1 rings (SSSR count). The second-order valence-electron chi connectivity index (χ2n) is 4.35. The first-order chi connectivity index (χ1) is 7.86. The van der Waals surface area contributed by atoms with Gasteiger partial charge in [0.25, 0.3) is 0 Å². The van der Waals surface area contributed by atoms with Gasteiger partial charge in [-0.15, -0.1) is 0 Å². The van der Waals surface area contributed by atoms with Crippen LogP contribution in [0.15, 0.2) is 0 Å². The van der Waals surface area contributed by atoms with Gasteiger partial charge < -0.3 is 10.2 Å². The summed E-state index contributed by atoms with van der Waals surface area (Å²) in [5.74, 6) is -0.104. The summed E-state index contributed by atoms with van der Waals surface area (Å²) in [5.41, 5.74) is 0. The quantitative estimate of drug-likeness (QED) is 0.713. The van der Waals surface area contributed by atoms with Gasteiger partial charge in [0.05, 0.1) is 12.3 Å². The summed E-state index contributed by atoms with van der Waals surface area (Å²) in [7, 11) is -1.83. The number of hydrogen-bond acceptors (Lipinski definition) is 4. The third-order valence-electron chi connectivity index (χ3n) is 2.92. The van der Waals surface area contributed by atoms with Crippen LogP contribution in [-0.2, 0) is 14.8 Å². The van der Waals surface area contributed by atoms with E-state index in [2.05, 4.69) is 5.32 Å². The van der Waals surface area contributed by atoms with Gasteiger partial charge in [-0.2, -0.15) is 4.31 Å². The van der Waals surface area contributed by atoms with Crippen molar-refractivity contribution < 1.29 is 13.2 Å². The molecule has 1 fully saturated rings. The molecule has 100 valence electrons. The van der Waals surface area contributed by atoms with E-state index >= 15 is 0 Å². The molecule has 0 spiro atoms. The van der Waals surface area contributed by atoms with Crippen LogP contribution in [0.2, 0.25) is 0 Å². The SMILES string of the molecule is CCS(=O)(=O)N(C)CC(=O)N1CCNC(C)C1. The molecule has 6 nitrogen and oxygen atoms in total. The van der Waals surface area contributed by atoms with Crippen LogP contribution >= 0.6 is 0 Å². The molecule has 7 heteroatoms. The van der Waals surface area contributed by atoms with Crippen LogP contribution in [-0.4, -0.2) is 68.6 Å². The molecule has 1 N–H and O–H groups in total. The topological polar surface area (TPSA) is 69.7 Å². The van der Waals surface area contributed by atoms with Gasteiger partial charge in [-0.25, -0.2) is 8.42 Å². The van der Waals surface area contributed by atoms with E-state index in [1.54, 1.807) is 11.8 Å². The standard InChI is InChI=1S/C10H21N3O3S/c1-4-17(15,16)12(3)8-10(14)13-6-5-11-9(2)7-13/h9,11H,4-8H2,1-3H3. The monoisotopic (exact) mass is 263 g/mol. The molecule has 1 atom stereocenters. The summed E-state index contributed by atoms with van der Waals surface area (Å²) in [6, 6.07) is 0.265. The van der Waals surface area contributed by atoms with E-state index in [4.69, 9.17) is 0 Å². The molecule has 0 aromatic carbocycles. The zero-order valence-electron chi connectivity index (χ0n) is 10.6. The van der Waals surface area contributed by atoms with E-state index in [0.29, 0.717) is 13.1 Å². The Bertz CT molecular complexity index is 369. The van der Waals surface area contributed by atoms with Crippen molar-refractivity contribution in [3.05, 3.63) is 0 Å². The second kappa shape index (κ2) is 5.79. The maximum Gasteiger partial charge on any atom is 0.237 e. The van der Waals surface area contributed by atoms with E-state index in [9.17, 15) is 13.2 Å². The number of nitrogens with one attached hydrogen (secondary N) is 1. The molecule has 0 aromatic heterocycles. The van der Waals surface area contributed by atoms with Crippen molar-refractivity contribution in [2.24, 2.45) is 0 Å². The highest BCUT2D eigenvalue weighted by Crippen LogP contribution is 2.03. The minimum absolute atomic E-state index is 0.0226. The van der Waals surface area contributed by atoms with Crippen LogP contribution in [0.4, 0.5) is 0 Å². The number of piperazine rings is 1. The fourth-order valence-corrected chi connectivity index (χ4v) is 2.52. The minimum Gasteiger partial charge on any atom is -0.339 e. The minimum atomic E-state index is -3.28. The van der Waals surface area contributed by atoms with Gasteiger partial charge in [-0.1, -0.05) is 0 Å². The van der Waals surface area contributed by atoms with Gasteiger partial charge in [-0.3, -0.25) is 4.79 Å². The first kappa shape index (κ1) is 14.4. The Morgan fingerprint density at radius 1 is 1.53 bits per heavy atom. The van der Waals surface area contributed by atoms with Crippen LogP contribution in [0.1, 0.15) is 13.8 Å². The zero-order valence-corrected chi connectivity index (χ0v) is 11.5. The third-order valence-corrected chi connectivity index (χ3v) is 4.73. The number of likely N-dealkylation sites (N-methyl/N-ethyl adjacent to an activating group) is 1. The Hall–Kier alpha value is -0.660. The number of amides is 1. The van der Waals surface area contributed by atoms with Crippen molar-refractivity contribution in [3.8, 4) is 0 Å². The Morgan fingerprint density at radius 3 is 2.71 bits per heavy atom. The molecule has 1 heterocycles. The smallest absolute Gasteiger partial charge is 0.237 e. The van der Waals surface area contributed by atoms with Crippen LogP contribution < -0.4 is 5.32 Å². The average molecular weight is 263 g/mol. The van der Waals surface area contributed by atoms with Crippen LogP contribution in [0, 0.1) is 0 Å². The molecule has 0 bridgehead atoms. The molecule has 0 radical (unpaired) electrons. The normalized spacial score (nSPS) is 21.9. The van der Waals surface area contributed by atoms with Crippen molar-refractivity contribution in [2.45, 2.75) is 19.9 Å². The molecule has 0 aromatic rings. The molecule has 0 aliphatic carbocycles. The van der Waals surface area contributed by atoms with Crippen molar-refractivity contribution >= 4 is 15.9 Å². The number of rotatable bonds is 4. The lowest BCUT2D eigenvalue weighted by Crippen LogP contribution is -2.53. The Balaban J connectivity index is 2.54. The molecule has 1 aliphatic heterocycles. The highest BCUT2D eigenvalue weighted by Gasteiger charge is 2.24. The Kier molecular flexibility index (Phi) is 4.91. The van der Waals surface area contributed by atoms with Crippen molar-refractivity contribution in [3.63, 3.8) is 0 Å². The molecule has 1 aliphatic rings. The highest BCUT2D eigenvalue weighted by molar-refractivity contribution is 7.89. The summed E-state index contributed by atoms with van der Waals surface area (Å²) in [4.78, 5) is 13.6. The molecular weight excluding hydrogens is 242 g/mol. The van der Waals surface area contributed by atoms with E-state index in [1.165, 1.54) is 7.05 Å². The van der Waals surface area contributed by atoms with Gasteiger partial charge in [0.15, 0.2) is 0 Å². The Labute approximate surface area is 103 Å². The van der Waals surface area contributed by atoms with Gasteiger partial charge in [0.2, 0.25) is 15.9 Å². The first-order valence-electron chi connectivity index (χ1n) is 5.82. The maximum absolute atomic E-state index is 11.9. The molecule has 1 unspecified atom stereocenters. The summed E-state index contributed by atoms with van der Waals surface area (Å²) >= 11 is 0. The van der Waals surface area contributed by atoms with E-state index in [-0.39, 0.29) is 24.2 Å². The van der Waals surface area contributed by atoms with Crippen molar-refractivity contribution in [1.29, 1.82) is 0 Å². The van der Waals surface area contributed by atoms with Gasteiger partial charge in [-0.05, 0) is 13.8 Å². The maximum atomic E-state index is 11.9. The van der Waals surface area contributed by atoms with Gasteiger partial charge >= 0.3 is 0 Å². The first-order valence-corrected chi connectivity index (χ1v) is 7.43. The average Bonchev–Trinajstić information content (AvgIpc) is 2.28. The number of sulfonamides is 1. The summed E-state index contributed by atoms with van der Waals surface area (Å²) in [5, 5.41) is 3.24. The fourth-order valence-electron chi connectivity index (χ4n) is 1.77. The Morgan fingerprint density at radius 2 is 2.18 bits per heavy atom. The fraction of sp³-hybridized carbons (Fsp3) is 0.900. The summed E-state index contributed by atoms with van der Waals surface area (Å²) < 4.78 is 24.2. The van der Waals surface area contributed by atoms with E-state index in [0.717, 1.165) is 10.8 Å². The lowest BCUT2D eigenvalue weighted by atomic mass is 10.2. The lowest BCUT2D eigenvalue weighted by molar-refractivity contribution is -0.132. The predicted molar refractivity (Wildman–Crippen MR) is 66.1 cm³/mol. The largest absolute Gasteiger partial charge is 0.339 e. The van der Waals surface area contributed by atoms with Crippen molar-refractivity contribution in [1.82, 2.24) is 14.5 Å². The molecule has 1 amide bonds. The van der Waals surface area contributed by atoms with Crippen molar-refractivity contribution in [2.75, 3.05) is 39.0 Å².